The largest absolute Gasteiger partial charge is 0.486 e. The number of aryl methyl sites for hydroxylation is 3. The van der Waals surface area contributed by atoms with E-state index in [4.69, 9.17) is 87.5 Å². The van der Waals surface area contributed by atoms with Gasteiger partial charge < -0.3 is 50.8 Å². The van der Waals surface area contributed by atoms with Gasteiger partial charge in [-0.2, -0.15) is 0 Å². The second kappa shape index (κ2) is 31.2. The van der Waals surface area contributed by atoms with Gasteiger partial charge in [0, 0.05) is 53.3 Å². The van der Waals surface area contributed by atoms with Crippen molar-refractivity contribution in [2.45, 2.75) is 91.5 Å². The number of anilines is 3. The molecule has 7 N–H and O–H groups in total. The molecule has 3 aliphatic rings. The fraction of sp³-hybridized carbons (Fsp3) is 0.344. The topological polar surface area (TPSA) is 205 Å². The number of aliphatic carboxylic acids is 3. The smallest absolute Gasteiger partial charge is 0.322 e. The van der Waals surface area contributed by atoms with Gasteiger partial charge in [-0.25, -0.2) is 13.2 Å². The van der Waals surface area contributed by atoms with Gasteiger partial charge in [0.2, 0.25) is 0 Å². The molecule has 6 aromatic carbocycles. The van der Waals surface area contributed by atoms with Crippen molar-refractivity contribution in [1.29, 1.82) is 0 Å². The van der Waals surface area contributed by atoms with Gasteiger partial charge in [-0.3, -0.25) is 19.2 Å². The maximum absolute atomic E-state index is 14.8. The summed E-state index contributed by atoms with van der Waals surface area (Å²) in [5.41, 5.74) is 5.66. The van der Waals surface area contributed by atoms with Gasteiger partial charge in [-0.15, -0.1) is 0 Å². The molecule has 0 spiro atoms. The minimum absolute atomic E-state index is 0.0305. The predicted molar refractivity (Wildman–Crippen MR) is 332 cm³/mol. The van der Waals surface area contributed by atoms with Crippen LogP contribution in [0.15, 0.2) is 81.7 Å². The standard InChI is InChI=1S/C21H21Cl2FN2O4.C20H20Br2FNO3.C20H19Cl3FNO3/c1-11-4-14(19(24)17(5-11)25-8-12-2-3-12)10-30-20-15(22)6-13(7-16(20)23)21(29)26-9-18(27)28;1-11-4-14(19(23)17(5-11)24-9-12-2-3-12)10-27-20-15(21)6-13(7-16(20)22)8-18(25)26;21-14-7-13(19(24)17(8-14)25-9-11-1-2-11)10-28-20-15(22)5-12(6-16(20)23)3-4-18(26)27/h4-7,12,25H,2-3,8-10H2,1H3,(H,26,29)(H,27,28);4-7,12,24H,2-3,8-10H2,1H3,(H,25,26);5-8,11,25H,1-4,9-10H2,(H,26,27). The summed E-state index contributed by atoms with van der Waals surface area (Å²) in [5.74, 6) is -2.04. The maximum atomic E-state index is 14.8. The zero-order valence-electron chi connectivity index (χ0n) is 46.0. The number of benzene rings is 6. The third-order valence-electron chi connectivity index (χ3n) is 13.4. The third-order valence-corrected chi connectivity index (χ3v) is 15.9. The Kier molecular flexibility index (Phi) is 24.5. The van der Waals surface area contributed by atoms with Crippen LogP contribution < -0.4 is 35.5 Å². The molecule has 0 bridgehead atoms. The Morgan fingerprint density at radius 3 is 1.32 bits per heavy atom. The molecule has 3 saturated carbocycles. The van der Waals surface area contributed by atoms with Gasteiger partial charge in [-0.1, -0.05) is 58.0 Å². The summed E-state index contributed by atoms with van der Waals surface area (Å²) in [6.07, 6.45) is 7.24. The Labute approximate surface area is 531 Å². The highest BCUT2D eigenvalue weighted by atomic mass is 79.9. The summed E-state index contributed by atoms with van der Waals surface area (Å²) in [4.78, 5) is 44.1. The van der Waals surface area contributed by atoms with Crippen LogP contribution in [0.1, 0.15) is 94.2 Å². The van der Waals surface area contributed by atoms with Crippen molar-refractivity contribution < 1.29 is 61.9 Å². The normalized spacial score (nSPS) is 13.3. The SMILES string of the molecule is Cc1cc(COc2c(Br)cc(CC(=O)O)cc2Br)c(F)c(NCC2CC2)c1.Cc1cc(COc2c(Cl)cc(C(=O)NCC(=O)O)cc2Cl)c(F)c(NCC2CC2)c1.O=C(O)CCc1cc(Cl)c(OCc2cc(Cl)cc(NCC3CC3)c2F)c(Cl)c1. The molecule has 3 fully saturated rings. The van der Waals surface area contributed by atoms with Crippen molar-refractivity contribution in [2.75, 3.05) is 42.1 Å². The van der Waals surface area contributed by atoms with E-state index in [0.717, 1.165) is 49.9 Å². The van der Waals surface area contributed by atoms with E-state index in [1.807, 2.05) is 19.9 Å². The van der Waals surface area contributed by atoms with Crippen LogP contribution in [0, 0.1) is 49.1 Å². The number of hydrogen-bond acceptors (Lipinski definition) is 10. The van der Waals surface area contributed by atoms with Crippen LogP contribution in [0.2, 0.25) is 25.1 Å². The molecule has 0 unspecified atom stereocenters. The highest BCUT2D eigenvalue weighted by Gasteiger charge is 2.25. The van der Waals surface area contributed by atoms with Crippen LogP contribution in [0.4, 0.5) is 30.2 Å². The molecule has 85 heavy (non-hydrogen) atoms. The first kappa shape index (κ1) is 66.7. The number of nitrogens with one attached hydrogen (secondary N) is 4. The van der Waals surface area contributed by atoms with Crippen molar-refractivity contribution >= 4 is 131 Å². The lowest BCUT2D eigenvalue weighted by Crippen LogP contribution is -2.29. The molecule has 0 atom stereocenters. The third kappa shape index (κ3) is 21.0. The first-order valence-electron chi connectivity index (χ1n) is 27.0. The average Bonchev–Trinajstić information content (AvgIpc) is 4.46. The summed E-state index contributed by atoms with van der Waals surface area (Å²) in [6, 6.07) is 19.3. The number of carbonyl (C=O) groups excluding carboxylic acids is 1. The lowest BCUT2D eigenvalue weighted by molar-refractivity contribution is -0.137. The Bertz CT molecular complexity index is 3380. The van der Waals surface area contributed by atoms with Crippen molar-refractivity contribution in [3.63, 3.8) is 0 Å². The first-order valence-corrected chi connectivity index (χ1v) is 30.4. The highest BCUT2D eigenvalue weighted by Crippen LogP contribution is 2.40. The van der Waals surface area contributed by atoms with Gasteiger partial charge in [0.15, 0.2) is 29.0 Å². The van der Waals surface area contributed by atoms with E-state index < -0.39 is 42.0 Å². The summed E-state index contributed by atoms with van der Waals surface area (Å²) < 4.78 is 62.8. The Morgan fingerprint density at radius 2 is 0.918 bits per heavy atom. The summed E-state index contributed by atoms with van der Waals surface area (Å²) in [6.45, 7) is 5.39. The van der Waals surface area contributed by atoms with E-state index in [0.29, 0.717) is 89.8 Å². The first-order chi connectivity index (χ1) is 40.4. The molecule has 454 valence electrons. The number of hydrogen-bond donors (Lipinski definition) is 7. The van der Waals surface area contributed by atoms with Gasteiger partial charge in [0.25, 0.3) is 5.91 Å². The van der Waals surface area contributed by atoms with Crippen LogP contribution in [-0.2, 0) is 47.0 Å². The summed E-state index contributed by atoms with van der Waals surface area (Å²) in [5, 5.41) is 39.0. The molecule has 0 heterocycles. The molecule has 6 aromatic rings. The number of ether oxygens (including phenoxy) is 3. The second-order valence-electron chi connectivity index (χ2n) is 20.9. The highest BCUT2D eigenvalue weighted by molar-refractivity contribution is 9.11. The minimum Gasteiger partial charge on any atom is -0.486 e. The quantitative estimate of drug-likeness (QED) is 0.0270. The van der Waals surface area contributed by atoms with Gasteiger partial charge in [0.1, 0.15) is 32.1 Å². The van der Waals surface area contributed by atoms with Crippen molar-refractivity contribution in [2.24, 2.45) is 17.8 Å². The Hall–Kier alpha value is -5.80. The molecule has 1 amide bonds. The van der Waals surface area contributed by atoms with Crippen molar-refractivity contribution in [1.82, 2.24) is 5.32 Å². The van der Waals surface area contributed by atoms with Gasteiger partial charge in [-0.05, 0) is 203 Å². The molecule has 24 heteroatoms. The fourth-order valence-corrected chi connectivity index (χ4v) is 11.5. The molecule has 0 aliphatic heterocycles. The van der Waals surface area contributed by atoms with E-state index in [1.165, 1.54) is 31.0 Å². The van der Waals surface area contributed by atoms with Crippen LogP contribution >= 0.6 is 89.9 Å². The van der Waals surface area contributed by atoms with E-state index in [1.54, 1.807) is 48.5 Å². The molecule has 3 aliphatic carbocycles. The molecule has 9 rings (SSSR count). The molecule has 0 saturated heterocycles. The number of carboxylic acids is 3. The zero-order valence-corrected chi connectivity index (χ0v) is 52.9. The molecule has 0 aromatic heterocycles. The van der Waals surface area contributed by atoms with E-state index in [-0.39, 0.29) is 81.2 Å². The Balaban J connectivity index is 0.000000183. The van der Waals surface area contributed by atoms with E-state index >= 15 is 0 Å². The molecule has 14 nitrogen and oxygen atoms in total. The van der Waals surface area contributed by atoms with Crippen LogP contribution in [0.25, 0.3) is 0 Å². The molecular weight excluding hydrogens is 1340 g/mol. The van der Waals surface area contributed by atoms with Gasteiger partial charge >= 0.3 is 17.9 Å². The predicted octanol–water partition coefficient (Wildman–Crippen LogP) is 16.5. The number of halogens is 10. The lowest BCUT2D eigenvalue weighted by atomic mass is 10.1. The van der Waals surface area contributed by atoms with E-state index in [9.17, 15) is 32.3 Å². The van der Waals surface area contributed by atoms with E-state index in [2.05, 4.69) is 53.1 Å². The second-order valence-corrected chi connectivity index (χ2v) is 24.7. The number of carboxylic acid groups (broad SMARTS) is 3. The summed E-state index contributed by atoms with van der Waals surface area (Å²) in [7, 11) is 0. The van der Waals surface area contributed by atoms with Crippen LogP contribution in [0.5, 0.6) is 17.2 Å². The average molecular weight is 1400 g/mol. The number of rotatable bonds is 26. The van der Waals surface area contributed by atoms with Crippen molar-refractivity contribution in [3.05, 3.63) is 169 Å². The number of amides is 1. The minimum atomic E-state index is -1.17. The van der Waals surface area contributed by atoms with Crippen LogP contribution in [-0.4, -0.2) is 65.3 Å². The molecule has 0 radical (unpaired) electrons. The Morgan fingerprint density at radius 1 is 0.518 bits per heavy atom. The fourth-order valence-electron chi connectivity index (χ4n) is 8.47. The maximum Gasteiger partial charge on any atom is 0.322 e. The lowest BCUT2D eigenvalue weighted by Gasteiger charge is -2.15. The van der Waals surface area contributed by atoms with Gasteiger partial charge in [0.05, 0.1) is 52.5 Å². The monoisotopic (exact) mass is 1400 g/mol. The molecular formula is C61H60Br2Cl5F3N4O10. The number of carbonyl (C=O) groups is 4. The summed E-state index contributed by atoms with van der Waals surface area (Å²) >= 11 is 37.7. The van der Waals surface area contributed by atoms with Crippen LogP contribution in [0.3, 0.4) is 0 Å². The zero-order chi connectivity index (χ0) is 61.6. The van der Waals surface area contributed by atoms with Crippen molar-refractivity contribution in [3.8, 4) is 17.2 Å².